The monoisotopic (exact) mass is 323 g/mol. The van der Waals surface area contributed by atoms with Crippen LogP contribution in [-0.2, 0) is 9.53 Å². The number of nitrogens with one attached hydrogen (secondary N) is 1. The van der Waals surface area contributed by atoms with Crippen molar-refractivity contribution in [1.29, 1.82) is 0 Å². The molecular weight excluding hydrogens is 302 g/mol. The highest BCUT2D eigenvalue weighted by Crippen LogP contribution is 2.11. The molecule has 2 aromatic carbocycles. The van der Waals surface area contributed by atoms with E-state index in [2.05, 4.69) is 5.32 Å². The first kappa shape index (κ1) is 17.5. The molecule has 0 atom stereocenters. The van der Waals surface area contributed by atoms with Gasteiger partial charge in [0.1, 0.15) is 0 Å². The van der Waals surface area contributed by atoms with E-state index < -0.39 is 0 Å². The zero-order valence-corrected chi connectivity index (χ0v) is 13.9. The van der Waals surface area contributed by atoms with Crippen molar-refractivity contribution in [2.45, 2.75) is 20.3 Å². The van der Waals surface area contributed by atoms with E-state index in [4.69, 9.17) is 4.74 Å². The van der Waals surface area contributed by atoms with Crippen molar-refractivity contribution in [3.05, 3.63) is 71.3 Å². The minimum atomic E-state index is -0.353. The minimum Gasteiger partial charge on any atom is -0.462 e. The van der Waals surface area contributed by atoms with Crippen LogP contribution in [0.1, 0.15) is 34.8 Å². The average molecular weight is 323 g/mol. The van der Waals surface area contributed by atoms with Gasteiger partial charge in [-0.25, -0.2) is 4.79 Å². The second-order valence-corrected chi connectivity index (χ2v) is 5.45. The first-order valence-electron chi connectivity index (χ1n) is 7.91. The molecule has 0 unspecified atom stereocenters. The summed E-state index contributed by atoms with van der Waals surface area (Å²) in [5, 5.41) is 2.76. The third-order valence-corrected chi connectivity index (χ3v) is 3.33. The van der Waals surface area contributed by atoms with E-state index in [1.54, 1.807) is 30.3 Å². The van der Waals surface area contributed by atoms with Crippen LogP contribution in [0.2, 0.25) is 0 Å². The Morgan fingerprint density at radius 1 is 1.04 bits per heavy atom. The number of hydrogen-bond donors (Lipinski definition) is 1. The second-order valence-electron chi connectivity index (χ2n) is 5.45. The fourth-order valence-electron chi connectivity index (χ4n) is 2.00. The lowest BCUT2D eigenvalue weighted by molar-refractivity contribution is -0.111. The number of anilines is 1. The van der Waals surface area contributed by atoms with E-state index in [-0.39, 0.29) is 11.9 Å². The summed E-state index contributed by atoms with van der Waals surface area (Å²) < 4.78 is 5.06. The second kappa shape index (κ2) is 8.67. The molecule has 4 heteroatoms. The third-order valence-electron chi connectivity index (χ3n) is 3.33. The summed E-state index contributed by atoms with van der Waals surface area (Å²) in [7, 11) is 0. The van der Waals surface area contributed by atoms with E-state index in [1.165, 1.54) is 11.6 Å². The third kappa shape index (κ3) is 5.39. The molecule has 0 fully saturated rings. The van der Waals surface area contributed by atoms with Gasteiger partial charge in [-0.3, -0.25) is 4.79 Å². The van der Waals surface area contributed by atoms with Crippen molar-refractivity contribution in [3.8, 4) is 0 Å². The van der Waals surface area contributed by atoms with Crippen LogP contribution in [0.15, 0.2) is 54.6 Å². The molecule has 1 N–H and O–H groups in total. The predicted octanol–water partition coefficient (Wildman–Crippen LogP) is 4.21. The Morgan fingerprint density at radius 3 is 2.33 bits per heavy atom. The molecule has 124 valence electrons. The molecule has 0 aliphatic carbocycles. The van der Waals surface area contributed by atoms with Crippen LogP contribution >= 0.6 is 0 Å². The Kier molecular flexibility index (Phi) is 6.32. The predicted molar refractivity (Wildman–Crippen MR) is 95.9 cm³/mol. The number of aryl methyl sites for hydroxylation is 1. The van der Waals surface area contributed by atoms with Crippen LogP contribution < -0.4 is 5.32 Å². The highest BCUT2D eigenvalue weighted by molar-refractivity contribution is 6.02. The first-order chi connectivity index (χ1) is 11.6. The molecule has 0 radical (unpaired) electrons. The Bertz CT molecular complexity index is 716. The van der Waals surface area contributed by atoms with Crippen LogP contribution in [-0.4, -0.2) is 18.5 Å². The number of amides is 1. The summed E-state index contributed by atoms with van der Waals surface area (Å²) in [6.45, 7) is 4.36. The first-order valence-corrected chi connectivity index (χ1v) is 7.91. The number of rotatable bonds is 6. The van der Waals surface area contributed by atoms with E-state index in [0.29, 0.717) is 17.9 Å². The van der Waals surface area contributed by atoms with Gasteiger partial charge in [0.15, 0.2) is 0 Å². The Hall–Kier alpha value is -2.88. The van der Waals surface area contributed by atoms with Gasteiger partial charge in [0, 0.05) is 11.8 Å². The Morgan fingerprint density at radius 2 is 1.71 bits per heavy atom. The van der Waals surface area contributed by atoms with Gasteiger partial charge in [-0.05, 0) is 49.2 Å². The normalized spacial score (nSPS) is 10.6. The maximum atomic E-state index is 11.9. The smallest absolute Gasteiger partial charge is 0.338 e. The van der Waals surface area contributed by atoms with Crippen molar-refractivity contribution >= 4 is 23.6 Å². The van der Waals surface area contributed by atoms with Gasteiger partial charge in [-0.1, -0.05) is 36.8 Å². The molecule has 4 nitrogen and oxygen atoms in total. The minimum absolute atomic E-state index is 0.225. The van der Waals surface area contributed by atoms with Crippen LogP contribution in [0.4, 0.5) is 5.69 Å². The molecule has 0 bridgehead atoms. The summed E-state index contributed by atoms with van der Waals surface area (Å²) in [5.41, 5.74) is 3.23. The van der Waals surface area contributed by atoms with Gasteiger partial charge in [-0.15, -0.1) is 0 Å². The summed E-state index contributed by atoms with van der Waals surface area (Å²) in [4.78, 5) is 23.6. The van der Waals surface area contributed by atoms with Gasteiger partial charge in [-0.2, -0.15) is 0 Å². The molecule has 0 saturated heterocycles. The van der Waals surface area contributed by atoms with Gasteiger partial charge in [0.05, 0.1) is 12.2 Å². The van der Waals surface area contributed by atoms with E-state index >= 15 is 0 Å². The fraction of sp³-hybridized carbons (Fsp3) is 0.200. The maximum Gasteiger partial charge on any atom is 0.338 e. The summed E-state index contributed by atoms with van der Waals surface area (Å²) in [5.74, 6) is -0.578. The van der Waals surface area contributed by atoms with Crippen LogP contribution in [0.25, 0.3) is 6.08 Å². The molecule has 0 saturated carbocycles. The molecular formula is C20H21NO3. The SMILES string of the molecule is CCCOC(=O)c1ccc(NC(=O)C=Cc2ccc(C)cc2)cc1. The standard InChI is InChI=1S/C20H21NO3/c1-3-14-24-20(23)17-9-11-18(12-10-17)21-19(22)13-8-16-6-4-15(2)5-7-16/h4-13H,3,14H2,1-2H3,(H,21,22). The van der Waals surface area contributed by atoms with Crippen LogP contribution in [0, 0.1) is 6.92 Å². The summed E-state index contributed by atoms with van der Waals surface area (Å²) in [6, 6.07) is 14.5. The zero-order valence-electron chi connectivity index (χ0n) is 13.9. The van der Waals surface area contributed by atoms with Gasteiger partial charge in [0.25, 0.3) is 0 Å². The van der Waals surface area contributed by atoms with E-state index in [1.807, 2.05) is 38.1 Å². The summed E-state index contributed by atoms with van der Waals surface area (Å²) >= 11 is 0. The quantitative estimate of drug-likeness (QED) is 0.640. The molecule has 2 rings (SSSR count). The van der Waals surface area contributed by atoms with E-state index in [9.17, 15) is 9.59 Å². The molecule has 2 aromatic rings. The lowest BCUT2D eigenvalue weighted by Gasteiger charge is -2.05. The number of benzene rings is 2. The zero-order chi connectivity index (χ0) is 17.4. The number of carbonyl (C=O) groups is 2. The van der Waals surface area contributed by atoms with Crippen molar-refractivity contribution in [2.24, 2.45) is 0 Å². The van der Waals surface area contributed by atoms with Crippen LogP contribution in [0.5, 0.6) is 0 Å². The largest absolute Gasteiger partial charge is 0.462 e. The van der Waals surface area contributed by atoms with Crippen molar-refractivity contribution in [2.75, 3.05) is 11.9 Å². The fourth-order valence-corrected chi connectivity index (χ4v) is 2.00. The van der Waals surface area contributed by atoms with Gasteiger partial charge in [0.2, 0.25) is 5.91 Å². The molecule has 24 heavy (non-hydrogen) atoms. The molecule has 0 spiro atoms. The van der Waals surface area contributed by atoms with Gasteiger partial charge < -0.3 is 10.1 Å². The van der Waals surface area contributed by atoms with E-state index in [0.717, 1.165) is 12.0 Å². The highest BCUT2D eigenvalue weighted by Gasteiger charge is 2.06. The Balaban J connectivity index is 1.92. The number of carbonyl (C=O) groups excluding carboxylic acids is 2. The Labute approximate surface area is 142 Å². The lowest BCUT2D eigenvalue weighted by atomic mass is 10.1. The highest BCUT2D eigenvalue weighted by atomic mass is 16.5. The van der Waals surface area contributed by atoms with Crippen molar-refractivity contribution in [3.63, 3.8) is 0 Å². The average Bonchev–Trinajstić information content (AvgIpc) is 2.60. The summed E-state index contributed by atoms with van der Waals surface area (Å²) in [6.07, 6.45) is 4.02. The van der Waals surface area contributed by atoms with Gasteiger partial charge >= 0.3 is 5.97 Å². The molecule has 0 aromatic heterocycles. The molecule has 0 aliphatic heterocycles. The molecule has 0 aliphatic rings. The number of hydrogen-bond acceptors (Lipinski definition) is 3. The lowest BCUT2D eigenvalue weighted by Crippen LogP contribution is -2.09. The maximum absolute atomic E-state index is 11.9. The number of ether oxygens (including phenoxy) is 1. The molecule has 0 heterocycles. The molecule has 1 amide bonds. The topological polar surface area (TPSA) is 55.4 Å². The number of esters is 1. The van der Waals surface area contributed by atoms with Crippen molar-refractivity contribution < 1.29 is 14.3 Å². The van der Waals surface area contributed by atoms with Crippen LogP contribution in [0.3, 0.4) is 0 Å². The van der Waals surface area contributed by atoms with Crippen molar-refractivity contribution in [1.82, 2.24) is 0 Å².